The topological polar surface area (TPSA) is 57.3 Å². The Kier molecular flexibility index (Phi) is 5.99. The number of carbonyl (C=O) groups is 1. The van der Waals surface area contributed by atoms with Crippen molar-refractivity contribution in [3.8, 4) is 0 Å². The summed E-state index contributed by atoms with van der Waals surface area (Å²) in [5.41, 5.74) is 1.60. The van der Waals surface area contributed by atoms with E-state index in [0.717, 1.165) is 31.7 Å². The monoisotopic (exact) mass is 290 g/mol. The first-order valence-electron chi connectivity index (χ1n) is 7.97. The van der Waals surface area contributed by atoms with E-state index in [1.807, 2.05) is 19.1 Å². The normalized spacial score (nSPS) is 18.3. The van der Waals surface area contributed by atoms with E-state index in [-0.39, 0.29) is 5.91 Å². The van der Waals surface area contributed by atoms with Crippen LogP contribution < -0.4 is 15.5 Å². The summed E-state index contributed by atoms with van der Waals surface area (Å²) < 4.78 is 0. The van der Waals surface area contributed by atoms with Crippen LogP contribution in [0, 0.1) is 0 Å². The quantitative estimate of drug-likeness (QED) is 0.839. The Morgan fingerprint density at radius 2 is 2.38 bits per heavy atom. The van der Waals surface area contributed by atoms with Gasteiger partial charge in [-0.1, -0.05) is 6.92 Å². The van der Waals surface area contributed by atoms with Crippen LogP contribution in [0.1, 0.15) is 43.6 Å². The molecule has 1 amide bonds. The Balaban J connectivity index is 2.19. The lowest BCUT2D eigenvalue weighted by Gasteiger charge is -2.36. The summed E-state index contributed by atoms with van der Waals surface area (Å²) in [5, 5.41) is 6.27. The molecule has 1 aromatic heterocycles. The van der Waals surface area contributed by atoms with E-state index in [1.165, 1.54) is 12.8 Å². The first-order valence-corrected chi connectivity index (χ1v) is 7.97. The van der Waals surface area contributed by atoms with Crippen LogP contribution in [0.2, 0.25) is 0 Å². The maximum atomic E-state index is 11.9. The highest BCUT2D eigenvalue weighted by atomic mass is 16.1. The number of anilines is 1. The Bertz CT molecular complexity index is 457. The number of rotatable bonds is 6. The molecule has 21 heavy (non-hydrogen) atoms. The van der Waals surface area contributed by atoms with Gasteiger partial charge in [0.2, 0.25) is 0 Å². The van der Waals surface area contributed by atoms with Gasteiger partial charge in [0.1, 0.15) is 5.69 Å². The number of piperidine rings is 1. The molecule has 2 rings (SSSR count). The van der Waals surface area contributed by atoms with E-state index in [4.69, 9.17) is 0 Å². The maximum Gasteiger partial charge on any atom is 0.269 e. The number of aromatic nitrogens is 1. The van der Waals surface area contributed by atoms with Crippen molar-refractivity contribution < 1.29 is 4.79 Å². The highest BCUT2D eigenvalue weighted by Crippen LogP contribution is 2.21. The van der Waals surface area contributed by atoms with Crippen molar-refractivity contribution in [1.82, 2.24) is 15.6 Å². The minimum absolute atomic E-state index is 0.0995. The summed E-state index contributed by atoms with van der Waals surface area (Å²) in [5.74, 6) is -0.0995. The second-order valence-electron chi connectivity index (χ2n) is 5.45. The Morgan fingerprint density at radius 1 is 1.52 bits per heavy atom. The number of amides is 1. The van der Waals surface area contributed by atoms with Crippen molar-refractivity contribution in [1.29, 1.82) is 0 Å². The van der Waals surface area contributed by atoms with Gasteiger partial charge in [0.05, 0.1) is 0 Å². The number of hydrogen-bond donors (Lipinski definition) is 2. The fourth-order valence-electron chi connectivity index (χ4n) is 2.84. The largest absolute Gasteiger partial charge is 0.367 e. The van der Waals surface area contributed by atoms with Crippen LogP contribution in [0.5, 0.6) is 0 Å². The molecule has 2 N–H and O–H groups in total. The van der Waals surface area contributed by atoms with Crippen molar-refractivity contribution in [2.24, 2.45) is 0 Å². The Hall–Kier alpha value is -1.62. The fourth-order valence-corrected chi connectivity index (χ4v) is 2.84. The van der Waals surface area contributed by atoms with E-state index in [2.05, 4.69) is 27.4 Å². The van der Waals surface area contributed by atoms with Gasteiger partial charge in [0.15, 0.2) is 0 Å². The van der Waals surface area contributed by atoms with Gasteiger partial charge in [-0.2, -0.15) is 0 Å². The molecule has 1 unspecified atom stereocenters. The molecule has 0 saturated carbocycles. The third-order valence-corrected chi connectivity index (χ3v) is 3.82. The zero-order valence-electron chi connectivity index (χ0n) is 13.1. The summed E-state index contributed by atoms with van der Waals surface area (Å²) in [6.45, 7) is 7.85. The van der Waals surface area contributed by atoms with Gasteiger partial charge in [-0.25, -0.2) is 0 Å². The Morgan fingerprint density at radius 3 is 3.05 bits per heavy atom. The van der Waals surface area contributed by atoms with Gasteiger partial charge in [-0.05, 0) is 44.9 Å². The molecule has 5 nitrogen and oxygen atoms in total. The highest BCUT2D eigenvalue weighted by Gasteiger charge is 2.21. The van der Waals surface area contributed by atoms with E-state index in [1.54, 1.807) is 6.20 Å². The van der Waals surface area contributed by atoms with Crippen LogP contribution in [0.25, 0.3) is 0 Å². The molecule has 1 aliphatic rings. The van der Waals surface area contributed by atoms with Crippen LogP contribution in [0.3, 0.4) is 0 Å². The van der Waals surface area contributed by atoms with E-state index in [0.29, 0.717) is 18.3 Å². The van der Waals surface area contributed by atoms with E-state index < -0.39 is 0 Å². The third-order valence-electron chi connectivity index (χ3n) is 3.82. The van der Waals surface area contributed by atoms with Crippen molar-refractivity contribution in [3.05, 3.63) is 24.0 Å². The van der Waals surface area contributed by atoms with Crippen LogP contribution >= 0.6 is 0 Å². The molecule has 0 radical (unpaired) electrons. The molecular formula is C16H26N4O. The highest BCUT2D eigenvalue weighted by molar-refractivity contribution is 5.93. The average molecular weight is 290 g/mol. The predicted molar refractivity (Wildman–Crippen MR) is 85.8 cm³/mol. The molecule has 0 spiro atoms. The fraction of sp³-hybridized carbons (Fsp3) is 0.625. The standard InChI is InChI=1S/C16H26N4O/c1-3-10-20(14-6-5-8-17-12-14)13-7-9-19-15(11-13)16(21)18-4-2/h7,9,11,14,17H,3-6,8,10,12H2,1-2H3,(H,18,21). The SMILES string of the molecule is CCCN(c1ccnc(C(=O)NCC)c1)C1CCCNC1. The molecule has 1 atom stereocenters. The summed E-state index contributed by atoms with van der Waals surface area (Å²) in [6, 6.07) is 4.42. The number of hydrogen-bond acceptors (Lipinski definition) is 4. The summed E-state index contributed by atoms with van der Waals surface area (Å²) in [6.07, 6.45) is 5.24. The lowest BCUT2D eigenvalue weighted by Crippen LogP contribution is -2.46. The van der Waals surface area contributed by atoms with Crippen molar-refractivity contribution >= 4 is 11.6 Å². The minimum atomic E-state index is -0.0995. The van der Waals surface area contributed by atoms with E-state index in [9.17, 15) is 4.79 Å². The number of nitrogens with one attached hydrogen (secondary N) is 2. The molecule has 1 aromatic rings. The van der Waals surface area contributed by atoms with Crippen LogP contribution in [0.4, 0.5) is 5.69 Å². The first-order chi connectivity index (χ1) is 10.3. The second kappa shape index (κ2) is 7.98. The number of nitrogens with zero attached hydrogens (tertiary/aromatic N) is 2. The van der Waals surface area contributed by atoms with Gasteiger partial charge in [-0.3, -0.25) is 9.78 Å². The van der Waals surface area contributed by atoms with Gasteiger partial charge < -0.3 is 15.5 Å². The minimum Gasteiger partial charge on any atom is -0.367 e. The molecule has 0 aromatic carbocycles. The van der Waals surface area contributed by atoms with Crippen LogP contribution in [-0.2, 0) is 0 Å². The third kappa shape index (κ3) is 4.17. The van der Waals surface area contributed by atoms with Crippen LogP contribution in [0.15, 0.2) is 18.3 Å². The summed E-state index contributed by atoms with van der Waals surface area (Å²) in [7, 11) is 0. The molecule has 2 heterocycles. The van der Waals surface area contributed by atoms with E-state index >= 15 is 0 Å². The van der Waals surface area contributed by atoms with Crippen molar-refractivity contribution in [3.63, 3.8) is 0 Å². The number of carbonyl (C=O) groups excluding carboxylic acids is 1. The van der Waals surface area contributed by atoms with Crippen LogP contribution in [-0.4, -0.2) is 43.1 Å². The first kappa shape index (κ1) is 15.8. The lowest BCUT2D eigenvalue weighted by molar-refractivity contribution is 0.0951. The molecule has 0 bridgehead atoms. The number of pyridine rings is 1. The molecule has 116 valence electrons. The van der Waals surface area contributed by atoms with Gasteiger partial charge in [-0.15, -0.1) is 0 Å². The average Bonchev–Trinajstić information content (AvgIpc) is 2.54. The van der Waals surface area contributed by atoms with Gasteiger partial charge in [0.25, 0.3) is 5.91 Å². The lowest BCUT2D eigenvalue weighted by atomic mass is 10.0. The second-order valence-corrected chi connectivity index (χ2v) is 5.45. The molecule has 1 aliphatic heterocycles. The molecule has 1 fully saturated rings. The molecular weight excluding hydrogens is 264 g/mol. The predicted octanol–water partition coefficient (Wildman–Crippen LogP) is 1.80. The Labute approximate surface area is 127 Å². The zero-order chi connectivity index (χ0) is 15.1. The summed E-state index contributed by atoms with van der Waals surface area (Å²) >= 11 is 0. The summed E-state index contributed by atoms with van der Waals surface area (Å²) in [4.78, 5) is 18.6. The smallest absolute Gasteiger partial charge is 0.269 e. The van der Waals surface area contributed by atoms with Gasteiger partial charge in [0, 0.05) is 37.6 Å². The van der Waals surface area contributed by atoms with Crippen molar-refractivity contribution in [2.45, 2.75) is 39.2 Å². The zero-order valence-corrected chi connectivity index (χ0v) is 13.1. The van der Waals surface area contributed by atoms with Crippen molar-refractivity contribution in [2.75, 3.05) is 31.1 Å². The van der Waals surface area contributed by atoms with Gasteiger partial charge >= 0.3 is 0 Å². The molecule has 5 heteroatoms. The molecule has 0 aliphatic carbocycles. The maximum absolute atomic E-state index is 11.9. The molecule has 1 saturated heterocycles.